The van der Waals surface area contributed by atoms with Gasteiger partial charge >= 0.3 is 0 Å². The number of piperidine rings is 1. The van der Waals surface area contributed by atoms with E-state index in [1.165, 1.54) is 12.3 Å². The Morgan fingerprint density at radius 1 is 1.02 bits per heavy atom. The minimum atomic E-state index is -0.849. The minimum Gasteiger partial charge on any atom is -0.387 e. The molecule has 0 bridgehead atoms. The maximum absolute atomic E-state index is 17.0. The number of aryl methyl sites for hydroxylation is 1. The first-order valence-corrected chi connectivity index (χ1v) is 22.4. The number of allylic oxidation sites excluding steroid dienone is 1. The molecule has 0 aliphatic carbocycles. The summed E-state index contributed by atoms with van der Waals surface area (Å²) in [4.78, 5) is 65.9. The summed E-state index contributed by atoms with van der Waals surface area (Å²) in [6.45, 7) is 5.06. The predicted octanol–water partition coefficient (Wildman–Crippen LogP) is 5.38. The van der Waals surface area contributed by atoms with Crippen molar-refractivity contribution >= 4 is 58.3 Å². The molecule has 5 N–H and O–H groups in total. The zero-order valence-electron chi connectivity index (χ0n) is 37.3. The van der Waals surface area contributed by atoms with Crippen molar-refractivity contribution in [1.82, 2.24) is 40.4 Å². The highest BCUT2D eigenvalue weighted by Crippen LogP contribution is 2.40. The zero-order chi connectivity index (χ0) is 46.5. The maximum Gasteiger partial charge on any atom is 0.274 e. The van der Waals surface area contributed by atoms with Crippen molar-refractivity contribution in [1.29, 1.82) is 5.41 Å². The Kier molecular flexibility index (Phi) is 13.6. The van der Waals surface area contributed by atoms with Gasteiger partial charge in [0.05, 0.1) is 28.5 Å². The van der Waals surface area contributed by atoms with Crippen molar-refractivity contribution in [2.45, 2.75) is 70.0 Å². The largest absolute Gasteiger partial charge is 0.387 e. The van der Waals surface area contributed by atoms with E-state index >= 15 is 4.39 Å². The summed E-state index contributed by atoms with van der Waals surface area (Å²) >= 11 is 0. The van der Waals surface area contributed by atoms with Crippen LogP contribution < -0.4 is 26.2 Å². The van der Waals surface area contributed by atoms with Crippen LogP contribution in [0.25, 0.3) is 33.3 Å². The average molecular weight is 896 g/mol. The molecule has 2 unspecified atom stereocenters. The first-order valence-electron chi connectivity index (χ1n) is 22.4. The van der Waals surface area contributed by atoms with E-state index in [4.69, 9.17) is 15.6 Å². The Morgan fingerprint density at radius 2 is 1.82 bits per heavy atom. The van der Waals surface area contributed by atoms with Crippen LogP contribution in [-0.4, -0.2) is 107 Å². The molecule has 5 aromatic rings. The van der Waals surface area contributed by atoms with Crippen LogP contribution in [-0.2, 0) is 30.4 Å². The first-order chi connectivity index (χ1) is 32.0. The predicted molar refractivity (Wildman–Crippen MR) is 251 cm³/mol. The second-order valence-electron chi connectivity index (χ2n) is 16.8. The van der Waals surface area contributed by atoms with Crippen molar-refractivity contribution in [2.75, 3.05) is 50.5 Å². The lowest BCUT2D eigenvalue weighted by atomic mass is 9.93. The number of halogens is 1. The highest BCUT2D eigenvalue weighted by atomic mass is 19.1. The number of anilines is 2. The third kappa shape index (κ3) is 9.15. The molecule has 0 saturated carbocycles. The van der Waals surface area contributed by atoms with E-state index in [0.29, 0.717) is 53.9 Å². The van der Waals surface area contributed by atoms with Gasteiger partial charge in [0.2, 0.25) is 11.8 Å². The molecule has 66 heavy (non-hydrogen) atoms. The van der Waals surface area contributed by atoms with E-state index < -0.39 is 29.5 Å². The van der Waals surface area contributed by atoms with Gasteiger partial charge in [-0.05, 0) is 105 Å². The van der Waals surface area contributed by atoms with Gasteiger partial charge in [0.1, 0.15) is 36.2 Å². The zero-order valence-corrected chi connectivity index (χ0v) is 37.3. The number of amides is 3. The second kappa shape index (κ2) is 19.9. The third-order valence-corrected chi connectivity index (χ3v) is 12.8. The Labute approximate surface area is 381 Å². The van der Waals surface area contributed by atoms with Crippen LogP contribution in [0.15, 0.2) is 84.8 Å². The SMILES string of the molecule is CNC(=O)C(CCC=O)n1nc(C)c2c(CCN3CCC(n4ccc(-c5cc(N6CCCC6=O)ccc5-c5ccc(NC)c(C(=N)C(=O)NC6=CC(C=O)NC=C6)c5F)n4)CC3)cccc21. The number of benzene rings is 3. The molecule has 3 amide bonds. The van der Waals surface area contributed by atoms with Crippen molar-refractivity contribution in [2.24, 2.45) is 0 Å². The van der Waals surface area contributed by atoms with Gasteiger partial charge in [0.25, 0.3) is 5.91 Å². The van der Waals surface area contributed by atoms with Gasteiger partial charge in [-0.3, -0.25) is 29.2 Å². The smallest absolute Gasteiger partial charge is 0.274 e. The molecule has 3 aliphatic heterocycles. The van der Waals surface area contributed by atoms with Crippen LogP contribution in [0.4, 0.5) is 15.8 Å². The van der Waals surface area contributed by atoms with Gasteiger partial charge < -0.3 is 40.7 Å². The molecular weight excluding hydrogens is 842 g/mol. The average Bonchev–Trinajstić information content (AvgIpc) is 4.10. The maximum atomic E-state index is 17.0. The van der Waals surface area contributed by atoms with Crippen LogP contribution in [0.5, 0.6) is 0 Å². The van der Waals surface area contributed by atoms with E-state index in [-0.39, 0.29) is 41.1 Å². The third-order valence-electron chi connectivity index (χ3n) is 12.8. The number of aromatic nitrogens is 4. The van der Waals surface area contributed by atoms with E-state index in [1.54, 1.807) is 54.0 Å². The van der Waals surface area contributed by atoms with Crippen LogP contribution in [0.3, 0.4) is 0 Å². The summed E-state index contributed by atoms with van der Waals surface area (Å²) in [5.41, 5.74) is 5.10. The van der Waals surface area contributed by atoms with Gasteiger partial charge in [-0.2, -0.15) is 10.2 Å². The lowest BCUT2D eigenvalue weighted by Gasteiger charge is -2.32. The summed E-state index contributed by atoms with van der Waals surface area (Å²) < 4.78 is 20.7. The van der Waals surface area contributed by atoms with Crippen molar-refractivity contribution in [3.05, 3.63) is 107 Å². The number of dihydropyridines is 1. The van der Waals surface area contributed by atoms with Gasteiger partial charge in [-0.1, -0.05) is 18.2 Å². The molecule has 2 atom stereocenters. The van der Waals surface area contributed by atoms with Crippen LogP contribution in [0.1, 0.15) is 67.4 Å². The molecule has 0 spiro atoms. The summed E-state index contributed by atoms with van der Waals surface area (Å²) in [6.07, 6.45) is 12.3. The molecule has 5 heterocycles. The monoisotopic (exact) mass is 895 g/mol. The lowest BCUT2D eigenvalue weighted by molar-refractivity contribution is -0.124. The number of nitrogens with one attached hydrogen (secondary N) is 5. The molecule has 8 rings (SSSR count). The molecule has 3 aliphatic rings. The molecule has 342 valence electrons. The number of carbonyl (C=O) groups excluding carboxylic acids is 5. The van der Waals surface area contributed by atoms with E-state index in [1.807, 2.05) is 42.1 Å². The van der Waals surface area contributed by atoms with E-state index in [9.17, 15) is 24.0 Å². The molecule has 0 radical (unpaired) electrons. The van der Waals surface area contributed by atoms with Gasteiger partial charge in [-0.25, -0.2) is 4.39 Å². The number of nitrogens with zero attached hydrogens (tertiary/aromatic N) is 6. The normalized spacial score (nSPS) is 17.0. The Morgan fingerprint density at radius 3 is 2.55 bits per heavy atom. The summed E-state index contributed by atoms with van der Waals surface area (Å²) in [7, 11) is 3.18. The fourth-order valence-corrected chi connectivity index (χ4v) is 9.35. The fraction of sp³-hybridized carbons (Fsp3) is 0.347. The molecule has 2 saturated heterocycles. The van der Waals surface area contributed by atoms with Crippen molar-refractivity contribution in [3.8, 4) is 22.4 Å². The fourth-order valence-electron chi connectivity index (χ4n) is 9.35. The number of hydrogen-bond donors (Lipinski definition) is 5. The first kappa shape index (κ1) is 45.3. The number of likely N-dealkylation sites (tertiary alicyclic amines) is 1. The molecule has 17 heteroatoms. The number of fused-ring (bicyclic) bond motifs is 1. The molecule has 3 aromatic carbocycles. The van der Waals surface area contributed by atoms with Crippen molar-refractivity contribution < 1.29 is 28.4 Å². The number of aldehydes is 2. The highest BCUT2D eigenvalue weighted by Gasteiger charge is 2.29. The Hall–Kier alpha value is -7.27. The highest BCUT2D eigenvalue weighted by molar-refractivity contribution is 6.45. The number of rotatable bonds is 17. The van der Waals surface area contributed by atoms with E-state index in [0.717, 1.165) is 73.8 Å². The summed E-state index contributed by atoms with van der Waals surface area (Å²) in [5, 5.41) is 30.8. The standard InChI is InChI=1S/C49H54FN11O5/c1-30-44-31(7-4-8-41(44)61(56-30)42(9-6-26-62)48(65)53-3)16-22-58-23-17-34(18-24-58)60-25-19-39(57-60)38-28-35(59-21-5-10-43(59)64)11-12-36(38)37-13-14-40(52-2)45(46(37)50)47(51)49(66)55-32-15-20-54-33(27-32)29-63/h4,7-8,11-15,19-20,25-29,33-34,42,51-52,54H,5-6,9-10,16-18,21-24H2,1-3H3,(H,53,65)(H,55,66). The van der Waals surface area contributed by atoms with Gasteiger partial charge in [0, 0.05) is 92.9 Å². The summed E-state index contributed by atoms with van der Waals surface area (Å²) in [6, 6.07) is 15.5. The molecule has 2 aromatic heterocycles. The number of likely N-dealkylation sites (N-methyl/N-ethyl adjacent to an activating group) is 1. The summed E-state index contributed by atoms with van der Waals surface area (Å²) in [5.74, 6) is -1.80. The molecule has 2 fully saturated rings. The van der Waals surface area contributed by atoms with Crippen LogP contribution >= 0.6 is 0 Å². The Balaban J connectivity index is 1.01. The van der Waals surface area contributed by atoms with Crippen LogP contribution in [0, 0.1) is 18.2 Å². The van der Waals surface area contributed by atoms with Gasteiger partial charge in [-0.15, -0.1) is 0 Å². The molecule has 16 nitrogen and oxygen atoms in total. The Bertz CT molecular complexity index is 2770. The second-order valence-corrected chi connectivity index (χ2v) is 16.8. The van der Waals surface area contributed by atoms with Crippen molar-refractivity contribution in [3.63, 3.8) is 0 Å². The molecular formula is C49H54FN11O5. The number of hydrogen-bond acceptors (Lipinski definition) is 11. The quantitative estimate of drug-likeness (QED) is 0.0597. The van der Waals surface area contributed by atoms with E-state index in [2.05, 4.69) is 32.2 Å². The van der Waals surface area contributed by atoms with Gasteiger partial charge in [0.15, 0.2) is 0 Å². The topological polar surface area (TPSA) is 199 Å². The van der Waals surface area contributed by atoms with Crippen LogP contribution in [0.2, 0.25) is 0 Å². The lowest BCUT2D eigenvalue weighted by Crippen LogP contribution is -2.36. The minimum absolute atomic E-state index is 0.0121. The number of carbonyl (C=O) groups is 5.